The molecule has 0 spiro atoms. The van der Waals surface area contributed by atoms with Gasteiger partial charge in [-0.3, -0.25) is 9.78 Å². The Morgan fingerprint density at radius 3 is 2.75 bits per heavy atom. The number of para-hydroxylation sites is 1. The smallest absolute Gasteiger partial charge is 0.255 e. The Hall–Kier alpha value is -2.20. The highest BCUT2D eigenvalue weighted by molar-refractivity contribution is 6.04. The number of carbonyl (C=O) groups is 1. The summed E-state index contributed by atoms with van der Waals surface area (Å²) >= 11 is 0. The Morgan fingerprint density at radius 2 is 2.05 bits per heavy atom. The van der Waals surface area contributed by atoms with E-state index in [1.165, 1.54) is 0 Å². The number of pyridine rings is 1. The number of nitrogens with two attached hydrogens (primary N) is 1. The molecule has 0 aliphatic carbocycles. The van der Waals surface area contributed by atoms with E-state index in [9.17, 15) is 4.79 Å². The maximum absolute atomic E-state index is 12.3. The van der Waals surface area contributed by atoms with Crippen LogP contribution in [0, 0.1) is 0 Å². The van der Waals surface area contributed by atoms with Crippen LogP contribution in [0.15, 0.2) is 42.6 Å². The molecule has 0 bridgehead atoms. The molecule has 0 fully saturated rings. The van der Waals surface area contributed by atoms with Crippen LogP contribution in [0.3, 0.4) is 0 Å². The first-order valence-electron chi connectivity index (χ1n) is 6.67. The summed E-state index contributed by atoms with van der Waals surface area (Å²) in [6.45, 7) is 4.53. The van der Waals surface area contributed by atoms with Gasteiger partial charge in [0.2, 0.25) is 0 Å². The van der Waals surface area contributed by atoms with Gasteiger partial charge in [0.25, 0.3) is 5.91 Å². The van der Waals surface area contributed by atoms with E-state index >= 15 is 0 Å². The van der Waals surface area contributed by atoms with Crippen molar-refractivity contribution in [1.29, 1.82) is 0 Å². The molecular weight excluding hydrogens is 250 g/mol. The highest BCUT2D eigenvalue weighted by atomic mass is 16.1. The van der Waals surface area contributed by atoms with Crippen molar-refractivity contribution in [1.82, 2.24) is 4.98 Å². The maximum atomic E-state index is 12.3. The third-order valence-corrected chi connectivity index (χ3v) is 3.12. The molecule has 1 aromatic heterocycles. The van der Waals surface area contributed by atoms with Crippen molar-refractivity contribution < 1.29 is 4.79 Å². The summed E-state index contributed by atoms with van der Waals surface area (Å²) in [5.41, 5.74) is 8.78. The number of carbonyl (C=O) groups excluding carboxylic acids is 1. The van der Waals surface area contributed by atoms with Crippen molar-refractivity contribution in [3.8, 4) is 0 Å². The minimum Gasteiger partial charge on any atom is -0.325 e. The molecule has 2 rings (SSSR count). The van der Waals surface area contributed by atoms with Gasteiger partial charge in [-0.25, -0.2) is 0 Å². The van der Waals surface area contributed by atoms with Crippen LogP contribution < -0.4 is 11.1 Å². The van der Waals surface area contributed by atoms with Crippen LogP contribution in [0.5, 0.6) is 0 Å². The van der Waals surface area contributed by atoms with E-state index in [1.54, 1.807) is 18.3 Å². The number of rotatable bonds is 4. The average Bonchev–Trinajstić information content (AvgIpc) is 2.47. The average molecular weight is 269 g/mol. The van der Waals surface area contributed by atoms with Crippen LogP contribution in [0.2, 0.25) is 0 Å². The monoisotopic (exact) mass is 269 g/mol. The highest BCUT2D eigenvalue weighted by Crippen LogP contribution is 2.24. The minimum absolute atomic E-state index is 0.143. The van der Waals surface area contributed by atoms with Gasteiger partial charge >= 0.3 is 0 Å². The molecule has 0 aliphatic heterocycles. The standard InChI is InChI=1S/C16H19N3O/c1-11(2)14-5-3-4-6-15(14)19-16(20)12-7-8-18-13(9-12)10-17/h3-9,11H,10,17H2,1-2H3,(H,19,20). The van der Waals surface area contributed by atoms with Gasteiger partial charge in [0.1, 0.15) is 0 Å². The van der Waals surface area contributed by atoms with Crippen LogP contribution >= 0.6 is 0 Å². The molecule has 0 radical (unpaired) electrons. The first-order chi connectivity index (χ1) is 9.61. The number of benzene rings is 1. The Kier molecular flexibility index (Phi) is 4.48. The molecule has 2 aromatic rings. The molecule has 1 amide bonds. The molecule has 4 heteroatoms. The number of hydrogen-bond donors (Lipinski definition) is 2. The first-order valence-corrected chi connectivity index (χ1v) is 6.67. The zero-order valence-corrected chi connectivity index (χ0v) is 11.8. The largest absolute Gasteiger partial charge is 0.325 e. The molecule has 1 heterocycles. The fraction of sp³-hybridized carbons (Fsp3) is 0.250. The molecule has 0 atom stereocenters. The third kappa shape index (κ3) is 3.22. The number of nitrogens with one attached hydrogen (secondary N) is 1. The van der Waals surface area contributed by atoms with Crippen LogP contribution in [0.25, 0.3) is 0 Å². The van der Waals surface area contributed by atoms with Crippen molar-refractivity contribution in [2.24, 2.45) is 5.73 Å². The van der Waals surface area contributed by atoms with Crippen LogP contribution in [0.1, 0.15) is 41.4 Å². The summed E-state index contributed by atoms with van der Waals surface area (Å²) in [6.07, 6.45) is 1.60. The lowest BCUT2D eigenvalue weighted by molar-refractivity contribution is 0.102. The summed E-state index contributed by atoms with van der Waals surface area (Å²) in [5.74, 6) is 0.207. The second kappa shape index (κ2) is 6.30. The zero-order chi connectivity index (χ0) is 14.5. The molecular formula is C16H19N3O. The Bertz CT molecular complexity index is 608. The van der Waals surface area contributed by atoms with Gasteiger partial charge in [-0.1, -0.05) is 32.0 Å². The molecule has 20 heavy (non-hydrogen) atoms. The van der Waals surface area contributed by atoms with Gasteiger partial charge in [-0.2, -0.15) is 0 Å². The Balaban J connectivity index is 2.23. The van der Waals surface area contributed by atoms with E-state index < -0.39 is 0 Å². The predicted octanol–water partition coefficient (Wildman–Crippen LogP) is 2.92. The number of nitrogens with zero attached hydrogens (tertiary/aromatic N) is 1. The van der Waals surface area contributed by atoms with Crippen molar-refractivity contribution in [2.45, 2.75) is 26.3 Å². The predicted molar refractivity (Wildman–Crippen MR) is 80.6 cm³/mol. The normalized spacial score (nSPS) is 10.6. The molecule has 3 N–H and O–H groups in total. The van der Waals surface area contributed by atoms with Crippen LogP contribution in [0.4, 0.5) is 5.69 Å². The number of amides is 1. The highest BCUT2D eigenvalue weighted by Gasteiger charge is 2.11. The van der Waals surface area contributed by atoms with Crippen LogP contribution in [-0.4, -0.2) is 10.9 Å². The van der Waals surface area contributed by atoms with E-state index in [0.717, 1.165) is 11.3 Å². The van der Waals surface area contributed by atoms with Crippen molar-refractivity contribution in [3.05, 3.63) is 59.4 Å². The lowest BCUT2D eigenvalue weighted by Crippen LogP contribution is -2.14. The second-order valence-corrected chi connectivity index (χ2v) is 4.94. The molecule has 0 unspecified atom stereocenters. The van der Waals surface area contributed by atoms with Gasteiger partial charge in [0.05, 0.1) is 5.69 Å². The van der Waals surface area contributed by atoms with E-state index in [0.29, 0.717) is 23.7 Å². The van der Waals surface area contributed by atoms with E-state index in [1.807, 2.05) is 24.3 Å². The van der Waals surface area contributed by atoms with E-state index in [4.69, 9.17) is 5.73 Å². The summed E-state index contributed by atoms with van der Waals surface area (Å²) in [6, 6.07) is 11.2. The molecule has 4 nitrogen and oxygen atoms in total. The number of aromatic nitrogens is 1. The summed E-state index contributed by atoms with van der Waals surface area (Å²) in [5, 5.41) is 2.95. The van der Waals surface area contributed by atoms with Gasteiger partial charge < -0.3 is 11.1 Å². The number of anilines is 1. The van der Waals surface area contributed by atoms with Crippen LogP contribution in [-0.2, 0) is 6.54 Å². The van der Waals surface area contributed by atoms with Crippen molar-refractivity contribution >= 4 is 11.6 Å². The zero-order valence-electron chi connectivity index (χ0n) is 11.8. The van der Waals surface area contributed by atoms with Gasteiger partial charge in [0.15, 0.2) is 0 Å². The lowest BCUT2D eigenvalue weighted by Gasteiger charge is -2.13. The maximum Gasteiger partial charge on any atom is 0.255 e. The lowest BCUT2D eigenvalue weighted by atomic mass is 10.0. The molecule has 0 saturated carbocycles. The van der Waals surface area contributed by atoms with E-state index in [-0.39, 0.29) is 5.91 Å². The number of hydrogen-bond acceptors (Lipinski definition) is 3. The molecule has 0 aliphatic rings. The minimum atomic E-state index is -0.143. The third-order valence-electron chi connectivity index (χ3n) is 3.12. The first kappa shape index (κ1) is 14.2. The summed E-state index contributed by atoms with van der Waals surface area (Å²) in [4.78, 5) is 16.4. The quantitative estimate of drug-likeness (QED) is 0.896. The Morgan fingerprint density at radius 1 is 1.30 bits per heavy atom. The summed E-state index contributed by atoms with van der Waals surface area (Å²) < 4.78 is 0. The fourth-order valence-corrected chi connectivity index (χ4v) is 2.04. The molecule has 104 valence electrons. The molecule has 0 saturated heterocycles. The second-order valence-electron chi connectivity index (χ2n) is 4.94. The van der Waals surface area contributed by atoms with Crippen molar-refractivity contribution in [3.63, 3.8) is 0 Å². The SMILES string of the molecule is CC(C)c1ccccc1NC(=O)c1ccnc(CN)c1. The molecule has 1 aromatic carbocycles. The van der Waals surface area contributed by atoms with Gasteiger partial charge in [-0.05, 0) is 29.7 Å². The Labute approximate surface area is 119 Å². The van der Waals surface area contributed by atoms with E-state index in [2.05, 4.69) is 24.1 Å². The van der Waals surface area contributed by atoms with Gasteiger partial charge in [0, 0.05) is 24.0 Å². The summed E-state index contributed by atoms with van der Waals surface area (Å²) in [7, 11) is 0. The fourth-order valence-electron chi connectivity index (χ4n) is 2.04. The topological polar surface area (TPSA) is 68.0 Å². The van der Waals surface area contributed by atoms with Crippen molar-refractivity contribution in [2.75, 3.05) is 5.32 Å². The van der Waals surface area contributed by atoms with Gasteiger partial charge in [-0.15, -0.1) is 0 Å².